The van der Waals surface area contributed by atoms with Crippen LogP contribution in [0.5, 0.6) is 0 Å². The van der Waals surface area contributed by atoms with Crippen LogP contribution in [0, 0.1) is 11.8 Å². The first-order valence-electron chi connectivity index (χ1n) is 5.31. The minimum absolute atomic E-state index is 0.240. The summed E-state index contributed by atoms with van der Waals surface area (Å²) in [5, 5.41) is 10.1. The molecule has 0 saturated carbocycles. The summed E-state index contributed by atoms with van der Waals surface area (Å²) in [5.41, 5.74) is 3.93. The third-order valence-electron chi connectivity index (χ3n) is 3.39. The van der Waals surface area contributed by atoms with Crippen molar-refractivity contribution in [2.45, 2.75) is 33.3 Å². The maximum absolute atomic E-state index is 10.1. The van der Waals surface area contributed by atoms with Gasteiger partial charge in [0.15, 0.2) is 0 Å². The second-order valence-electron chi connectivity index (χ2n) is 4.60. The Morgan fingerprint density at radius 2 is 2.07 bits per heavy atom. The lowest BCUT2D eigenvalue weighted by Gasteiger charge is -2.20. The first kappa shape index (κ1) is 9.72. The highest BCUT2D eigenvalue weighted by Gasteiger charge is 2.33. The molecular weight excluding hydrogens is 172 g/mol. The minimum Gasteiger partial charge on any atom is -0.388 e. The van der Waals surface area contributed by atoms with Crippen LogP contribution < -0.4 is 0 Å². The minimum atomic E-state index is -0.302. The molecule has 0 aliphatic heterocycles. The van der Waals surface area contributed by atoms with Gasteiger partial charge in [-0.15, -0.1) is 0 Å². The van der Waals surface area contributed by atoms with Gasteiger partial charge in [0, 0.05) is 11.8 Å². The maximum atomic E-state index is 10.1. The van der Waals surface area contributed by atoms with Crippen LogP contribution in [0.3, 0.4) is 0 Å². The van der Waals surface area contributed by atoms with E-state index in [1.807, 2.05) is 6.92 Å². The van der Waals surface area contributed by atoms with Gasteiger partial charge in [0.25, 0.3) is 0 Å². The molecule has 2 rings (SSSR count). The van der Waals surface area contributed by atoms with Crippen LogP contribution in [0.2, 0.25) is 0 Å². The summed E-state index contributed by atoms with van der Waals surface area (Å²) in [7, 11) is 0. The quantitative estimate of drug-likeness (QED) is 0.582. The molecule has 0 aromatic carbocycles. The first-order valence-corrected chi connectivity index (χ1v) is 5.31. The van der Waals surface area contributed by atoms with Crippen molar-refractivity contribution in [1.29, 1.82) is 0 Å². The number of aliphatic hydroxyl groups excluding tert-OH is 1. The molecule has 2 aliphatic carbocycles. The normalized spacial score (nSPS) is 35.6. The van der Waals surface area contributed by atoms with Gasteiger partial charge in [-0.25, -0.2) is 0 Å². The fourth-order valence-electron chi connectivity index (χ4n) is 2.61. The summed E-state index contributed by atoms with van der Waals surface area (Å²) in [6, 6.07) is 0. The average molecular weight is 190 g/mol. The lowest BCUT2D eigenvalue weighted by Crippen LogP contribution is -2.20. The lowest BCUT2D eigenvalue weighted by molar-refractivity contribution is 0.181. The van der Waals surface area contributed by atoms with Crippen LogP contribution in [0.4, 0.5) is 0 Å². The Morgan fingerprint density at radius 3 is 2.71 bits per heavy atom. The maximum Gasteiger partial charge on any atom is 0.0847 e. The predicted octanol–water partition coefficient (Wildman–Crippen LogP) is 2.84. The smallest absolute Gasteiger partial charge is 0.0847 e. The van der Waals surface area contributed by atoms with E-state index in [1.54, 1.807) is 0 Å². The van der Waals surface area contributed by atoms with Gasteiger partial charge in [-0.05, 0) is 32.8 Å². The second-order valence-corrected chi connectivity index (χ2v) is 4.60. The van der Waals surface area contributed by atoms with E-state index in [0.717, 1.165) is 12.0 Å². The Labute approximate surface area is 85.8 Å². The van der Waals surface area contributed by atoms with Crippen molar-refractivity contribution < 1.29 is 5.11 Å². The molecule has 0 saturated heterocycles. The van der Waals surface area contributed by atoms with Crippen molar-refractivity contribution in [2.75, 3.05) is 0 Å². The first-order chi connectivity index (χ1) is 6.61. The van der Waals surface area contributed by atoms with Gasteiger partial charge >= 0.3 is 0 Å². The van der Waals surface area contributed by atoms with Crippen molar-refractivity contribution in [2.24, 2.45) is 11.8 Å². The summed E-state index contributed by atoms with van der Waals surface area (Å²) in [4.78, 5) is 0. The zero-order valence-corrected chi connectivity index (χ0v) is 9.12. The van der Waals surface area contributed by atoms with Crippen molar-refractivity contribution in [1.82, 2.24) is 0 Å². The number of aliphatic hydroxyl groups is 1. The molecule has 0 aromatic rings. The van der Waals surface area contributed by atoms with Crippen LogP contribution in [-0.2, 0) is 0 Å². The third-order valence-corrected chi connectivity index (χ3v) is 3.39. The van der Waals surface area contributed by atoms with Gasteiger partial charge in [0.1, 0.15) is 0 Å². The molecule has 2 bridgehead atoms. The molecule has 0 amide bonds. The Kier molecular flexibility index (Phi) is 2.36. The van der Waals surface area contributed by atoms with Gasteiger partial charge in [0.05, 0.1) is 6.10 Å². The highest BCUT2D eigenvalue weighted by Crippen LogP contribution is 2.41. The molecule has 1 nitrogen and oxygen atoms in total. The molecule has 0 spiro atoms. The van der Waals surface area contributed by atoms with E-state index in [2.05, 4.69) is 32.1 Å². The fourth-order valence-corrected chi connectivity index (χ4v) is 2.61. The van der Waals surface area contributed by atoms with Gasteiger partial charge in [-0.3, -0.25) is 0 Å². The number of allylic oxidation sites excluding steroid dienone is 3. The van der Waals surface area contributed by atoms with Crippen LogP contribution >= 0.6 is 0 Å². The second kappa shape index (κ2) is 3.39. The molecule has 0 aromatic heterocycles. The summed E-state index contributed by atoms with van der Waals surface area (Å²) < 4.78 is 0. The molecule has 14 heavy (non-hydrogen) atoms. The number of hydrogen-bond donors (Lipinski definition) is 1. The molecule has 2 aliphatic rings. The molecular formula is C13H18O. The van der Waals surface area contributed by atoms with Crippen molar-refractivity contribution in [3.8, 4) is 0 Å². The number of rotatable bonds is 0. The zero-order chi connectivity index (χ0) is 10.3. The summed E-state index contributed by atoms with van der Waals surface area (Å²) in [6.07, 6.45) is 7.36. The number of hydrogen-bond acceptors (Lipinski definition) is 1. The van der Waals surface area contributed by atoms with Crippen LogP contribution in [0.1, 0.15) is 27.2 Å². The Morgan fingerprint density at radius 1 is 1.36 bits per heavy atom. The topological polar surface area (TPSA) is 20.2 Å². The van der Waals surface area contributed by atoms with E-state index in [4.69, 9.17) is 0 Å². The molecule has 1 N–H and O–H groups in total. The van der Waals surface area contributed by atoms with Gasteiger partial charge in [0.2, 0.25) is 0 Å². The van der Waals surface area contributed by atoms with E-state index >= 15 is 0 Å². The highest BCUT2D eigenvalue weighted by molar-refractivity contribution is 5.37. The number of fused-ring (bicyclic) bond motifs is 2. The lowest BCUT2D eigenvalue weighted by atomic mass is 9.88. The fraction of sp³-hybridized carbons (Fsp3) is 0.538. The Balaban J connectivity index is 2.43. The molecule has 76 valence electrons. The molecule has 0 radical (unpaired) electrons. The van der Waals surface area contributed by atoms with Crippen molar-refractivity contribution in [3.63, 3.8) is 0 Å². The monoisotopic (exact) mass is 190 g/mol. The Bertz CT molecular complexity index is 329. The van der Waals surface area contributed by atoms with Gasteiger partial charge in [-0.1, -0.05) is 29.4 Å². The molecule has 3 atom stereocenters. The van der Waals surface area contributed by atoms with Crippen LogP contribution in [0.25, 0.3) is 0 Å². The molecule has 0 unspecified atom stereocenters. The zero-order valence-electron chi connectivity index (χ0n) is 9.12. The largest absolute Gasteiger partial charge is 0.388 e. The van der Waals surface area contributed by atoms with Crippen LogP contribution in [0.15, 0.2) is 34.9 Å². The van der Waals surface area contributed by atoms with Crippen molar-refractivity contribution >= 4 is 0 Å². The SMILES string of the molecule is CC1=CC[C@@H]2C=C[C@@H](C2=C(C)C)[C@@H]1O. The standard InChI is InChI=1S/C13H18O/c1-8(2)12-10-5-4-9(3)13(14)11(12)7-6-10/h4,6-7,10-11,13-14H,5H2,1-3H3/t10-,11+,13-/m1/s1. The Hall–Kier alpha value is -0.820. The van der Waals surface area contributed by atoms with E-state index in [9.17, 15) is 5.11 Å². The molecule has 0 heterocycles. The summed E-state index contributed by atoms with van der Waals surface area (Å²) >= 11 is 0. The van der Waals surface area contributed by atoms with E-state index in [0.29, 0.717) is 5.92 Å². The molecule has 1 heteroatoms. The van der Waals surface area contributed by atoms with E-state index < -0.39 is 0 Å². The van der Waals surface area contributed by atoms with E-state index in [-0.39, 0.29) is 12.0 Å². The van der Waals surface area contributed by atoms with Gasteiger partial charge in [-0.2, -0.15) is 0 Å². The predicted molar refractivity (Wildman–Crippen MR) is 58.9 cm³/mol. The van der Waals surface area contributed by atoms with E-state index in [1.165, 1.54) is 11.1 Å². The average Bonchev–Trinajstić information content (AvgIpc) is 2.51. The van der Waals surface area contributed by atoms with Crippen LogP contribution in [-0.4, -0.2) is 11.2 Å². The highest BCUT2D eigenvalue weighted by atomic mass is 16.3. The molecule has 0 fully saturated rings. The van der Waals surface area contributed by atoms with Gasteiger partial charge < -0.3 is 5.11 Å². The summed E-state index contributed by atoms with van der Waals surface area (Å²) in [5.74, 6) is 0.779. The van der Waals surface area contributed by atoms with Crippen molar-refractivity contribution in [3.05, 3.63) is 34.9 Å². The third kappa shape index (κ3) is 1.36. The summed E-state index contributed by atoms with van der Waals surface area (Å²) in [6.45, 7) is 6.33.